The lowest BCUT2D eigenvalue weighted by Crippen LogP contribution is -2.53. The average Bonchev–Trinajstić information content (AvgIpc) is 3.31. The maximum Gasteiger partial charge on any atom is 0.291 e. The lowest BCUT2D eigenvalue weighted by Gasteiger charge is -2.34. The molecule has 4 aromatic rings. The van der Waals surface area contributed by atoms with Crippen molar-refractivity contribution < 1.29 is 23.1 Å². The Kier molecular flexibility index (Phi) is 5.65. The second-order valence-electron chi connectivity index (χ2n) is 9.65. The SMILES string of the molecule is COCCCN1C(=O)c2oc3ccc(C)cc3c(=O)c2[C@]12C(=O)N(Cc1ccccc1F)c1ccccc12. The number of methoxy groups -OCH3 is 1. The molecule has 0 fully saturated rings. The van der Waals surface area contributed by atoms with Gasteiger partial charge in [0, 0.05) is 31.4 Å². The molecule has 7 nitrogen and oxygen atoms in total. The molecule has 2 aliphatic heterocycles. The highest BCUT2D eigenvalue weighted by atomic mass is 19.1. The van der Waals surface area contributed by atoms with Crippen molar-refractivity contribution in [1.82, 2.24) is 4.90 Å². The van der Waals surface area contributed by atoms with Crippen LogP contribution in [0, 0.1) is 12.7 Å². The molecule has 3 heterocycles. The van der Waals surface area contributed by atoms with Crippen molar-refractivity contribution in [2.75, 3.05) is 25.2 Å². The summed E-state index contributed by atoms with van der Waals surface area (Å²) in [5, 5.41) is 0.299. The van der Waals surface area contributed by atoms with Crippen molar-refractivity contribution in [2.45, 2.75) is 25.4 Å². The van der Waals surface area contributed by atoms with Crippen LogP contribution < -0.4 is 10.3 Å². The largest absolute Gasteiger partial charge is 0.450 e. The second kappa shape index (κ2) is 8.92. The molecule has 0 saturated heterocycles. The Morgan fingerprint density at radius 1 is 1.00 bits per heavy atom. The standard InChI is InChI=1S/C30H25FN2O5/c1-18-12-13-24-20(16-18)26(34)25-27(38-24)28(35)33(14-7-15-37-2)30(25)21-9-4-6-11-23(21)32(29(30)36)17-19-8-3-5-10-22(19)31/h3-6,8-13,16H,7,14-15,17H2,1-2H3/t30-/m1/s1. The number of hydrogen-bond donors (Lipinski definition) is 0. The van der Waals surface area contributed by atoms with Gasteiger partial charge in [0.25, 0.3) is 11.8 Å². The first-order chi connectivity index (χ1) is 18.4. The van der Waals surface area contributed by atoms with E-state index < -0.39 is 28.6 Å². The van der Waals surface area contributed by atoms with Crippen molar-refractivity contribution in [1.29, 1.82) is 0 Å². The van der Waals surface area contributed by atoms with Gasteiger partial charge in [-0.1, -0.05) is 48.0 Å². The quantitative estimate of drug-likeness (QED) is 0.355. The molecular weight excluding hydrogens is 487 g/mol. The van der Waals surface area contributed by atoms with E-state index >= 15 is 0 Å². The van der Waals surface area contributed by atoms with E-state index in [-0.39, 0.29) is 30.0 Å². The van der Waals surface area contributed by atoms with Gasteiger partial charge < -0.3 is 19.0 Å². The summed E-state index contributed by atoms with van der Waals surface area (Å²) in [5.74, 6) is -1.61. The minimum atomic E-state index is -1.74. The number of benzene rings is 3. The topological polar surface area (TPSA) is 80.1 Å². The van der Waals surface area contributed by atoms with Crippen LogP contribution in [0.1, 0.15) is 39.2 Å². The van der Waals surface area contributed by atoms with Crippen LogP contribution >= 0.6 is 0 Å². The van der Waals surface area contributed by atoms with Gasteiger partial charge in [-0.2, -0.15) is 0 Å². The summed E-state index contributed by atoms with van der Waals surface area (Å²) in [6.07, 6.45) is 0.438. The molecule has 1 atom stereocenters. The monoisotopic (exact) mass is 512 g/mol. The molecule has 0 aliphatic carbocycles. The Balaban J connectivity index is 1.63. The Hall–Kier alpha value is -4.30. The van der Waals surface area contributed by atoms with Crippen LogP contribution in [0.2, 0.25) is 0 Å². The predicted molar refractivity (Wildman–Crippen MR) is 140 cm³/mol. The van der Waals surface area contributed by atoms with E-state index in [0.717, 1.165) is 5.56 Å². The van der Waals surface area contributed by atoms with Gasteiger partial charge in [-0.05, 0) is 37.6 Å². The highest BCUT2D eigenvalue weighted by Gasteiger charge is 2.64. The highest BCUT2D eigenvalue weighted by molar-refractivity contribution is 6.17. The van der Waals surface area contributed by atoms with Crippen LogP contribution in [0.15, 0.2) is 75.9 Å². The first kappa shape index (κ1) is 24.1. The molecule has 0 bridgehead atoms. The highest BCUT2D eigenvalue weighted by Crippen LogP contribution is 2.53. The van der Waals surface area contributed by atoms with E-state index in [4.69, 9.17) is 9.15 Å². The predicted octanol–water partition coefficient (Wildman–Crippen LogP) is 4.52. The molecule has 1 spiro atoms. The summed E-state index contributed by atoms with van der Waals surface area (Å²) in [6.45, 7) is 2.31. The molecule has 0 radical (unpaired) electrons. The molecule has 1 aromatic heterocycles. The van der Waals surface area contributed by atoms with Gasteiger partial charge in [0.05, 0.1) is 23.2 Å². The zero-order valence-corrected chi connectivity index (χ0v) is 21.0. The fourth-order valence-corrected chi connectivity index (χ4v) is 5.73. The first-order valence-corrected chi connectivity index (χ1v) is 12.4. The molecular formula is C30H25FN2O5. The number of ether oxygens (including phenoxy) is 1. The van der Waals surface area contributed by atoms with Gasteiger partial charge in [-0.3, -0.25) is 14.4 Å². The van der Waals surface area contributed by atoms with Gasteiger partial charge in [0.15, 0.2) is 11.0 Å². The average molecular weight is 513 g/mol. The fraction of sp³-hybridized carbons (Fsp3) is 0.233. The van der Waals surface area contributed by atoms with E-state index in [0.29, 0.717) is 35.2 Å². The number of hydrogen-bond acceptors (Lipinski definition) is 5. The van der Waals surface area contributed by atoms with Gasteiger partial charge >= 0.3 is 0 Å². The van der Waals surface area contributed by atoms with E-state index in [1.165, 1.54) is 15.9 Å². The van der Waals surface area contributed by atoms with Crippen LogP contribution in [0.5, 0.6) is 0 Å². The molecule has 2 amide bonds. The van der Waals surface area contributed by atoms with Crippen molar-refractivity contribution in [2.24, 2.45) is 0 Å². The number of nitrogens with zero attached hydrogens (tertiary/aromatic N) is 2. The van der Waals surface area contributed by atoms with E-state index in [1.807, 2.05) is 6.92 Å². The normalized spacial score (nSPS) is 18.1. The number of carbonyl (C=O) groups excluding carboxylic acids is 2. The van der Waals surface area contributed by atoms with Crippen molar-refractivity contribution in [3.05, 3.63) is 111 Å². The summed E-state index contributed by atoms with van der Waals surface area (Å²) in [6, 6.07) is 18.5. The van der Waals surface area contributed by atoms with Gasteiger partial charge in [0.2, 0.25) is 5.76 Å². The van der Waals surface area contributed by atoms with Crippen LogP contribution in [-0.4, -0.2) is 37.0 Å². The van der Waals surface area contributed by atoms with E-state index in [1.54, 1.807) is 67.8 Å². The third-order valence-corrected chi connectivity index (χ3v) is 7.41. The number of para-hydroxylation sites is 1. The van der Waals surface area contributed by atoms with Gasteiger partial charge in [-0.25, -0.2) is 4.39 Å². The first-order valence-electron chi connectivity index (χ1n) is 12.4. The molecule has 38 heavy (non-hydrogen) atoms. The third-order valence-electron chi connectivity index (χ3n) is 7.41. The number of halogens is 1. The molecule has 8 heteroatoms. The molecule has 2 aliphatic rings. The minimum Gasteiger partial charge on any atom is -0.450 e. The maximum absolute atomic E-state index is 14.7. The summed E-state index contributed by atoms with van der Waals surface area (Å²) in [7, 11) is 1.56. The zero-order valence-electron chi connectivity index (χ0n) is 21.0. The van der Waals surface area contributed by atoms with E-state index in [9.17, 15) is 18.8 Å². The molecule has 3 aromatic carbocycles. The Bertz CT molecular complexity index is 1680. The third kappa shape index (κ3) is 3.26. The number of aryl methyl sites for hydroxylation is 1. The number of anilines is 1. The molecule has 192 valence electrons. The van der Waals surface area contributed by atoms with Crippen molar-refractivity contribution >= 4 is 28.5 Å². The minimum absolute atomic E-state index is 0.00602. The Morgan fingerprint density at radius 2 is 1.76 bits per heavy atom. The number of carbonyl (C=O) groups is 2. The fourth-order valence-electron chi connectivity index (χ4n) is 5.73. The van der Waals surface area contributed by atoms with Crippen molar-refractivity contribution in [3.8, 4) is 0 Å². The maximum atomic E-state index is 14.7. The summed E-state index contributed by atoms with van der Waals surface area (Å²) in [5.41, 5.74) is 0.301. The lowest BCUT2D eigenvalue weighted by atomic mass is 9.84. The lowest BCUT2D eigenvalue weighted by molar-refractivity contribution is -0.126. The number of rotatable bonds is 6. The van der Waals surface area contributed by atoms with Crippen LogP contribution in [0.25, 0.3) is 11.0 Å². The Morgan fingerprint density at radius 3 is 2.55 bits per heavy atom. The van der Waals surface area contributed by atoms with Crippen molar-refractivity contribution in [3.63, 3.8) is 0 Å². The van der Waals surface area contributed by atoms with Gasteiger partial charge in [-0.15, -0.1) is 0 Å². The summed E-state index contributed by atoms with van der Waals surface area (Å²) in [4.78, 5) is 45.5. The number of fused-ring (bicyclic) bond motifs is 5. The van der Waals surface area contributed by atoms with Crippen LogP contribution in [0.4, 0.5) is 10.1 Å². The van der Waals surface area contributed by atoms with Gasteiger partial charge in [0.1, 0.15) is 11.4 Å². The van der Waals surface area contributed by atoms with Crippen LogP contribution in [0.3, 0.4) is 0 Å². The molecule has 6 rings (SSSR count). The zero-order chi connectivity index (χ0) is 26.6. The molecule has 0 saturated carbocycles. The Labute approximate surface area is 218 Å². The smallest absolute Gasteiger partial charge is 0.291 e. The summed E-state index contributed by atoms with van der Waals surface area (Å²) < 4.78 is 26.0. The second-order valence-corrected chi connectivity index (χ2v) is 9.65. The van der Waals surface area contributed by atoms with Crippen LogP contribution in [-0.2, 0) is 21.6 Å². The number of amides is 2. The molecule has 0 unspecified atom stereocenters. The molecule has 0 N–H and O–H groups in total. The van der Waals surface area contributed by atoms with E-state index in [2.05, 4.69) is 0 Å². The summed E-state index contributed by atoms with van der Waals surface area (Å²) >= 11 is 0.